The largest absolute Gasteiger partial charge is 0.343 e. The third-order valence-corrected chi connectivity index (χ3v) is 4.60. The normalized spacial score (nSPS) is 17.9. The van der Waals surface area contributed by atoms with E-state index >= 15 is 0 Å². The molecule has 1 heterocycles. The molecule has 0 amide bonds. The lowest BCUT2D eigenvalue weighted by atomic mass is 9.98. The Bertz CT molecular complexity index is 527. The number of nitrogens with zero attached hydrogens (tertiary/aromatic N) is 3. The van der Waals surface area contributed by atoms with Gasteiger partial charge in [-0.05, 0) is 32.2 Å². The van der Waals surface area contributed by atoms with Crippen molar-refractivity contribution < 1.29 is 0 Å². The summed E-state index contributed by atoms with van der Waals surface area (Å²) in [6.07, 6.45) is 2.20. The summed E-state index contributed by atoms with van der Waals surface area (Å²) in [7, 11) is 0. The summed E-state index contributed by atoms with van der Waals surface area (Å²) in [5.41, 5.74) is -0.685. The van der Waals surface area contributed by atoms with Gasteiger partial charge in [0, 0.05) is 12.3 Å². The van der Waals surface area contributed by atoms with E-state index in [0.29, 0.717) is 23.4 Å². The minimum atomic E-state index is -0.493. The van der Waals surface area contributed by atoms with Gasteiger partial charge in [0.05, 0.1) is 6.07 Å². The Morgan fingerprint density at radius 3 is 2.89 bits per heavy atom. The first-order chi connectivity index (χ1) is 9.16. The summed E-state index contributed by atoms with van der Waals surface area (Å²) < 4.78 is 1.59. The summed E-state index contributed by atoms with van der Waals surface area (Å²) in [4.78, 5) is 11.5. The van der Waals surface area contributed by atoms with Gasteiger partial charge in [0.15, 0.2) is 5.16 Å². The maximum Gasteiger partial charge on any atom is 0.343 e. The monoisotopic (exact) mass is 281 g/mol. The van der Waals surface area contributed by atoms with Crippen molar-refractivity contribution in [2.24, 2.45) is 5.92 Å². The molecule has 0 spiro atoms. The standard InChI is InChI=1S/C12H19N5OS/c1-3-14-12(7-13,9-5-6-9)8-19-11-16-15-10(18)17(11)4-2/h9,14H,3-6,8H2,1-2H3,(H,15,18). The predicted octanol–water partition coefficient (Wildman–Crippen LogP) is 0.965. The van der Waals surface area contributed by atoms with E-state index in [1.165, 1.54) is 11.8 Å². The molecule has 2 rings (SSSR count). The Hall–Kier alpha value is -1.26. The molecule has 19 heavy (non-hydrogen) atoms. The second kappa shape index (κ2) is 5.80. The fourth-order valence-corrected chi connectivity index (χ4v) is 3.48. The Morgan fingerprint density at radius 1 is 1.63 bits per heavy atom. The summed E-state index contributed by atoms with van der Waals surface area (Å²) in [5.74, 6) is 1.04. The van der Waals surface area contributed by atoms with Gasteiger partial charge in [-0.25, -0.2) is 9.89 Å². The minimum absolute atomic E-state index is 0.192. The minimum Gasteiger partial charge on any atom is -0.299 e. The molecule has 1 saturated carbocycles. The van der Waals surface area contributed by atoms with E-state index in [0.717, 1.165) is 19.4 Å². The summed E-state index contributed by atoms with van der Waals surface area (Å²) in [6.45, 7) is 5.27. The van der Waals surface area contributed by atoms with Crippen molar-refractivity contribution in [2.45, 2.75) is 43.9 Å². The number of thioether (sulfide) groups is 1. The molecule has 1 aliphatic rings. The zero-order valence-electron chi connectivity index (χ0n) is 11.3. The molecule has 2 N–H and O–H groups in total. The van der Waals surface area contributed by atoms with Gasteiger partial charge in [0.25, 0.3) is 0 Å². The smallest absolute Gasteiger partial charge is 0.299 e. The van der Waals surface area contributed by atoms with Gasteiger partial charge in [0.2, 0.25) is 0 Å². The van der Waals surface area contributed by atoms with E-state index in [-0.39, 0.29) is 5.69 Å². The zero-order valence-corrected chi connectivity index (χ0v) is 12.1. The molecular formula is C12H19N5OS. The Kier molecular flexibility index (Phi) is 4.32. The predicted molar refractivity (Wildman–Crippen MR) is 74.0 cm³/mol. The van der Waals surface area contributed by atoms with Gasteiger partial charge in [-0.2, -0.15) is 5.26 Å². The van der Waals surface area contributed by atoms with Crippen molar-refractivity contribution in [3.05, 3.63) is 10.5 Å². The highest BCUT2D eigenvalue weighted by Gasteiger charge is 2.45. The molecular weight excluding hydrogens is 262 g/mol. The van der Waals surface area contributed by atoms with Crippen molar-refractivity contribution in [3.63, 3.8) is 0 Å². The Balaban J connectivity index is 2.10. The molecule has 104 valence electrons. The van der Waals surface area contributed by atoms with E-state index < -0.39 is 5.54 Å². The summed E-state index contributed by atoms with van der Waals surface area (Å²) in [5, 5.41) is 19.9. The maximum absolute atomic E-state index is 11.5. The molecule has 1 unspecified atom stereocenters. The Morgan fingerprint density at radius 2 is 2.37 bits per heavy atom. The van der Waals surface area contributed by atoms with Crippen LogP contribution in [0.5, 0.6) is 0 Å². The van der Waals surface area contributed by atoms with E-state index in [1.807, 2.05) is 13.8 Å². The highest BCUT2D eigenvalue weighted by molar-refractivity contribution is 7.99. The molecule has 1 fully saturated rings. The van der Waals surface area contributed by atoms with Gasteiger partial charge < -0.3 is 0 Å². The number of hydrogen-bond donors (Lipinski definition) is 2. The van der Waals surface area contributed by atoms with Crippen LogP contribution in [-0.2, 0) is 6.54 Å². The molecule has 0 bridgehead atoms. The first kappa shape index (κ1) is 14.2. The molecule has 0 saturated heterocycles. The van der Waals surface area contributed by atoms with Crippen LogP contribution in [0.2, 0.25) is 0 Å². The second-order valence-electron chi connectivity index (χ2n) is 4.73. The van der Waals surface area contributed by atoms with Crippen LogP contribution in [0, 0.1) is 17.2 Å². The highest BCUT2D eigenvalue weighted by atomic mass is 32.2. The van der Waals surface area contributed by atoms with E-state index in [2.05, 4.69) is 21.6 Å². The van der Waals surface area contributed by atoms with Crippen LogP contribution >= 0.6 is 11.8 Å². The molecule has 0 radical (unpaired) electrons. The topological polar surface area (TPSA) is 86.5 Å². The van der Waals surface area contributed by atoms with Crippen LogP contribution in [0.3, 0.4) is 0 Å². The zero-order chi connectivity index (χ0) is 13.9. The third-order valence-electron chi connectivity index (χ3n) is 3.43. The van der Waals surface area contributed by atoms with Gasteiger partial charge >= 0.3 is 5.69 Å². The molecule has 0 aromatic carbocycles. The number of nitrogens with one attached hydrogen (secondary N) is 2. The van der Waals surface area contributed by atoms with Crippen LogP contribution < -0.4 is 11.0 Å². The quantitative estimate of drug-likeness (QED) is 0.727. The average Bonchev–Trinajstić information content (AvgIpc) is 3.20. The van der Waals surface area contributed by atoms with Crippen LogP contribution in [0.1, 0.15) is 26.7 Å². The number of hydrogen-bond acceptors (Lipinski definition) is 5. The van der Waals surface area contributed by atoms with Gasteiger partial charge in [0.1, 0.15) is 5.54 Å². The van der Waals surface area contributed by atoms with Crippen molar-refractivity contribution >= 4 is 11.8 Å². The number of H-pyrrole nitrogens is 1. The molecule has 1 aromatic rings. The third kappa shape index (κ3) is 2.85. The van der Waals surface area contributed by atoms with Crippen LogP contribution in [0.4, 0.5) is 0 Å². The van der Waals surface area contributed by atoms with Crippen molar-refractivity contribution in [3.8, 4) is 6.07 Å². The average molecular weight is 281 g/mol. The molecule has 1 atom stereocenters. The SMILES string of the molecule is CCNC(C#N)(CSc1n[nH]c(=O)n1CC)C1CC1. The van der Waals surface area contributed by atoms with Gasteiger partial charge in [-0.1, -0.05) is 18.7 Å². The lowest BCUT2D eigenvalue weighted by molar-refractivity contribution is 0.415. The maximum atomic E-state index is 11.5. The number of aromatic nitrogens is 3. The lowest BCUT2D eigenvalue weighted by Gasteiger charge is -2.26. The molecule has 1 aliphatic carbocycles. The van der Waals surface area contributed by atoms with Crippen LogP contribution in [0.15, 0.2) is 9.95 Å². The van der Waals surface area contributed by atoms with Crippen LogP contribution in [0.25, 0.3) is 0 Å². The van der Waals surface area contributed by atoms with Gasteiger partial charge in [-0.3, -0.25) is 9.88 Å². The van der Waals surface area contributed by atoms with Gasteiger partial charge in [-0.15, -0.1) is 5.10 Å². The van der Waals surface area contributed by atoms with Crippen LogP contribution in [-0.4, -0.2) is 32.6 Å². The molecule has 0 aliphatic heterocycles. The first-order valence-electron chi connectivity index (χ1n) is 6.61. The van der Waals surface area contributed by atoms with Crippen molar-refractivity contribution in [1.29, 1.82) is 5.26 Å². The lowest BCUT2D eigenvalue weighted by Crippen LogP contribution is -2.48. The summed E-state index contributed by atoms with van der Waals surface area (Å²) >= 11 is 1.47. The van der Waals surface area contributed by atoms with E-state index in [4.69, 9.17) is 0 Å². The number of nitriles is 1. The number of rotatable bonds is 7. The number of aromatic amines is 1. The molecule has 1 aromatic heterocycles. The van der Waals surface area contributed by atoms with Crippen molar-refractivity contribution in [2.75, 3.05) is 12.3 Å². The second-order valence-corrected chi connectivity index (χ2v) is 5.67. The van der Waals surface area contributed by atoms with E-state index in [9.17, 15) is 10.1 Å². The summed E-state index contributed by atoms with van der Waals surface area (Å²) in [6, 6.07) is 2.44. The first-order valence-corrected chi connectivity index (χ1v) is 7.59. The molecule has 7 heteroatoms. The fraction of sp³-hybridized carbons (Fsp3) is 0.750. The Labute approximate surface area is 116 Å². The van der Waals surface area contributed by atoms with E-state index in [1.54, 1.807) is 4.57 Å². The molecule has 6 nitrogen and oxygen atoms in total. The highest BCUT2D eigenvalue weighted by Crippen LogP contribution is 2.41. The van der Waals surface area contributed by atoms with Crippen molar-refractivity contribution in [1.82, 2.24) is 20.1 Å². The fourth-order valence-electron chi connectivity index (χ4n) is 2.24.